The van der Waals surface area contributed by atoms with Crippen LogP contribution in [0.1, 0.15) is 18.9 Å². The van der Waals surface area contributed by atoms with Crippen molar-refractivity contribution in [3.05, 3.63) is 36.0 Å². The van der Waals surface area contributed by atoms with Gasteiger partial charge in [-0.05, 0) is 23.8 Å². The Labute approximate surface area is 111 Å². The lowest BCUT2D eigenvalue weighted by Crippen LogP contribution is -2.17. The average molecular weight is 264 g/mol. The minimum Gasteiger partial charge on any atom is -0.367 e. The van der Waals surface area contributed by atoms with Crippen LogP contribution < -0.4 is 5.32 Å². The van der Waals surface area contributed by atoms with E-state index in [-0.39, 0.29) is 0 Å². The van der Waals surface area contributed by atoms with Gasteiger partial charge in [-0.3, -0.25) is 0 Å². The molecular formula is C13H16N2S2. The molecule has 4 heteroatoms. The van der Waals surface area contributed by atoms with Crippen LogP contribution in [-0.4, -0.2) is 15.1 Å². The zero-order chi connectivity index (χ0) is 12.1. The normalized spacial score (nSPS) is 10.6. The SMILES string of the molecule is CCCSC(=S)NCc1c[nH]c2ccccc12. The summed E-state index contributed by atoms with van der Waals surface area (Å²) in [4.78, 5) is 3.26. The number of thiocarbonyl (C=S) groups is 1. The number of H-pyrrole nitrogens is 1. The van der Waals surface area contributed by atoms with Gasteiger partial charge in [-0.1, -0.05) is 49.1 Å². The second-order valence-electron chi connectivity index (χ2n) is 3.85. The predicted octanol–water partition coefficient (Wildman–Crippen LogP) is 3.69. The van der Waals surface area contributed by atoms with Crippen LogP contribution in [0.15, 0.2) is 30.5 Å². The summed E-state index contributed by atoms with van der Waals surface area (Å²) >= 11 is 6.97. The van der Waals surface area contributed by atoms with Gasteiger partial charge in [-0.15, -0.1) is 0 Å². The maximum Gasteiger partial charge on any atom is 0.134 e. The summed E-state index contributed by atoms with van der Waals surface area (Å²) in [7, 11) is 0. The Hall–Kier alpha value is -1.00. The van der Waals surface area contributed by atoms with Gasteiger partial charge in [-0.2, -0.15) is 0 Å². The largest absolute Gasteiger partial charge is 0.367 e. The van der Waals surface area contributed by atoms with E-state index in [4.69, 9.17) is 12.2 Å². The summed E-state index contributed by atoms with van der Waals surface area (Å²) in [5.74, 6) is 1.08. The highest BCUT2D eigenvalue weighted by Gasteiger charge is 2.03. The van der Waals surface area contributed by atoms with Gasteiger partial charge in [0, 0.05) is 23.6 Å². The number of para-hydroxylation sites is 1. The van der Waals surface area contributed by atoms with E-state index in [1.807, 2.05) is 12.3 Å². The Bertz CT molecular complexity index is 505. The molecule has 2 nitrogen and oxygen atoms in total. The van der Waals surface area contributed by atoms with Gasteiger partial charge in [0.25, 0.3) is 0 Å². The molecule has 90 valence electrons. The highest BCUT2D eigenvalue weighted by Crippen LogP contribution is 2.17. The molecule has 0 amide bonds. The molecule has 0 aliphatic heterocycles. The smallest absolute Gasteiger partial charge is 0.134 e. The van der Waals surface area contributed by atoms with Crippen LogP contribution in [0.2, 0.25) is 0 Å². The molecular weight excluding hydrogens is 248 g/mol. The first-order valence-corrected chi connectivity index (χ1v) is 7.16. The maximum absolute atomic E-state index is 5.26. The summed E-state index contributed by atoms with van der Waals surface area (Å²) in [6.07, 6.45) is 3.20. The van der Waals surface area contributed by atoms with E-state index < -0.39 is 0 Å². The van der Waals surface area contributed by atoms with Crippen LogP contribution in [0.25, 0.3) is 10.9 Å². The van der Waals surface area contributed by atoms with E-state index in [0.717, 1.165) is 23.0 Å². The molecule has 2 rings (SSSR count). The van der Waals surface area contributed by atoms with Crippen molar-refractivity contribution < 1.29 is 0 Å². The summed E-state index contributed by atoms with van der Waals surface area (Å²) < 4.78 is 0.886. The molecule has 0 atom stereocenters. The Morgan fingerprint density at radius 2 is 2.24 bits per heavy atom. The number of aromatic amines is 1. The van der Waals surface area contributed by atoms with Crippen molar-refractivity contribution in [2.75, 3.05) is 5.75 Å². The van der Waals surface area contributed by atoms with E-state index in [1.54, 1.807) is 11.8 Å². The number of thioether (sulfide) groups is 1. The highest BCUT2D eigenvalue weighted by atomic mass is 32.2. The minimum absolute atomic E-state index is 0.791. The predicted molar refractivity (Wildman–Crippen MR) is 80.5 cm³/mol. The Balaban J connectivity index is 1.97. The molecule has 0 spiro atoms. The summed E-state index contributed by atoms with van der Waals surface area (Å²) in [6.45, 7) is 2.95. The quantitative estimate of drug-likeness (QED) is 0.825. The molecule has 17 heavy (non-hydrogen) atoms. The first-order valence-electron chi connectivity index (χ1n) is 5.77. The van der Waals surface area contributed by atoms with Crippen molar-refractivity contribution >= 4 is 39.2 Å². The van der Waals surface area contributed by atoms with E-state index in [0.29, 0.717) is 0 Å². The summed E-state index contributed by atoms with van der Waals surface area (Å²) in [6, 6.07) is 8.32. The van der Waals surface area contributed by atoms with Crippen LogP contribution in [0.5, 0.6) is 0 Å². The highest BCUT2D eigenvalue weighted by molar-refractivity contribution is 8.22. The standard InChI is InChI=1S/C13H16N2S2/c1-2-7-17-13(16)15-9-10-8-14-12-6-4-3-5-11(10)12/h3-6,8,14H,2,7,9H2,1H3,(H,15,16). The lowest BCUT2D eigenvalue weighted by molar-refractivity contribution is 0.947. The van der Waals surface area contributed by atoms with Crippen LogP contribution in [-0.2, 0) is 6.54 Å². The number of hydrogen-bond donors (Lipinski definition) is 2. The van der Waals surface area contributed by atoms with Crippen LogP contribution >= 0.6 is 24.0 Å². The number of fused-ring (bicyclic) bond motifs is 1. The van der Waals surface area contributed by atoms with Gasteiger partial charge in [0.05, 0.1) is 0 Å². The average Bonchev–Trinajstić information content (AvgIpc) is 2.77. The molecule has 2 N–H and O–H groups in total. The summed E-state index contributed by atoms with van der Waals surface area (Å²) in [5, 5.41) is 4.55. The minimum atomic E-state index is 0.791. The van der Waals surface area contributed by atoms with Crippen LogP contribution in [0, 0.1) is 0 Å². The van der Waals surface area contributed by atoms with Crippen molar-refractivity contribution in [2.24, 2.45) is 0 Å². The third kappa shape index (κ3) is 3.23. The lowest BCUT2D eigenvalue weighted by atomic mass is 10.2. The monoisotopic (exact) mass is 264 g/mol. The van der Waals surface area contributed by atoms with Crippen molar-refractivity contribution in [1.29, 1.82) is 0 Å². The number of nitrogens with one attached hydrogen (secondary N) is 2. The molecule has 0 fully saturated rings. The zero-order valence-corrected chi connectivity index (χ0v) is 11.5. The molecule has 0 radical (unpaired) electrons. The van der Waals surface area contributed by atoms with Gasteiger partial charge in [-0.25, -0.2) is 0 Å². The molecule has 1 aromatic heterocycles. The second kappa shape index (κ2) is 6.07. The molecule has 0 bridgehead atoms. The van der Waals surface area contributed by atoms with Crippen LogP contribution in [0.3, 0.4) is 0 Å². The number of aromatic nitrogens is 1. The molecule has 0 aliphatic rings. The van der Waals surface area contributed by atoms with E-state index in [1.165, 1.54) is 16.5 Å². The third-order valence-electron chi connectivity index (χ3n) is 2.54. The van der Waals surface area contributed by atoms with Crippen molar-refractivity contribution in [2.45, 2.75) is 19.9 Å². The molecule has 0 saturated carbocycles. The lowest BCUT2D eigenvalue weighted by Gasteiger charge is -2.05. The molecule has 0 aliphatic carbocycles. The number of hydrogen-bond acceptors (Lipinski definition) is 2. The Morgan fingerprint density at radius 3 is 3.06 bits per heavy atom. The third-order valence-corrected chi connectivity index (χ3v) is 4.05. The molecule has 0 unspecified atom stereocenters. The fraction of sp³-hybridized carbons (Fsp3) is 0.308. The van der Waals surface area contributed by atoms with Gasteiger partial charge in [0.1, 0.15) is 4.32 Å². The number of benzene rings is 1. The molecule has 1 aromatic carbocycles. The topological polar surface area (TPSA) is 27.8 Å². The molecule has 2 aromatic rings. The van der Waals surface area contributed by atoms with Crippen molar-refractivity contribution in [3.8, 4) is 0 Å². The Kier molecular flexibility index (Phi) is 4.45. The van der Waals surface area contributed by atoms with E-state index in [2.05, 4.69) is 35.4 Å². The second-order valence-corrected chi connectivity index (χ2v) is 5.62. The van der Waals surface area contributed by atoms with Crippen LogP contribution in [0.4, 0.5) is 0 Å². The van der Waals surface area contributed by atoms with Crippen molar-refractivity contribution in [3.63, 3.8) is 0 Å². The van der Waals surface area contributed by atoms with E-state index >= 15 is 0 Å². The number of rotatable bonds is 4. The zero-order valence-electron chi connectivity index (χ0n) is 9.82. The fourth-order valence-electron chi connectivity index (χ4n) is 1.69. The van der Waals surface area contributed by atoms with Gasteiger partial charge < -0.3 is 10.3 Å². The van der Waals surface area contributed by atoms with E-state index in [9.17, 15) is 0 Å². The first kappa shape index (κ1) is 12.5. The van der Waals surface area contributed by atoms with Gasteiger partial charge in [0.2, 0.25) is 0 Å². The van der Waals surface area contributed by atoms with Gasteiger partial charge in [0.15, 0.2) is 0 Å². The maximum atomic E-state index is 5.26. The van der Waals surface area contributed by atoms with Gasteiger partial charge >= 0.3 is 0 Å². The molecule has 1 heterocycles. The van der Waals surface area contributed by atoms with Crippen molar-refractivity contribution in [1.82, 2.24) is 10.3 Å². The Morgan fingerprint density at radius 1 is 1.41 bits per heavy atom. The summed E-state index contributed by atoms with van der Waals surface area (Å²) in [5.41, 5.74) is 2.44. The molecule has 0 saturated heterocycles. The fourth-order valence-corrected chi connectivity index (χ4v) is 2.58. The first-order chi connectivity index (χ1) is 8.31.